The van der Waals surface area contributed by atoms with Crippen LogP contribution in [0.3, 0.4) is 0 Å². The fraction of sp³-hybridized carbons (Fsp3) is 0.833. The maximum atomic E-state index is 7.82. The predicted molar refractivity (Wildman–Crippen MR) is 143 cm³/mol. The Morgan fingerprint density at radius 1 is 0.914 bits per heavy atom. The van der Waals surface area contributed by atoms with Crippen LogP contribution in [-0.2, 0) is 4.31 Å². The van der Waals surface area contributed by atoms with E-state index in [9.17, 15) is 0 Å². The highest BCUT2D eigenvalue weighted by Crippen LogP contribution is 2.62. The second-order valence-corrected chi connectivity index (χ2v) is 14.9. The minimum absolute atomic E-state index is 0.00130. The van der Waals surface area contributed by atoms with Crippen molar-refractivity contribution in [3.63, 3.8) is 0 Å². The minimum Gasteiger partial charge on any atom is -0.387 e. The van der Waals surface area contributed by atoms with Crippen LogP contribution in [0.1, 0.15) is 102 Å². The Morgan fingerprint density at radius 3 is 1.71 bits per heavy atom. The summed E-state index contributed by atoms with van der Waals surface area (Å²) in [6.45, 7) is 25.7. The first-order valence-corrected chi connectivity index (χ1v) is 15.6. The van der Waals surface area contributed by atoms with E-state index in [2.05, 4.69) is 86.5 Å². The number of unbranched alkanes of at least 4 members (excludes halogenated alkanes) is 1. The quantitative estimate of drug-likeness (QED) is 0.186. The van der Waals surface area contributed by atoms with Gasteiger partial charge in [-0.3, -0.25) is 0 Å². The lowest BCUT2D eigenvalue weighted by molar-refractivity contribution is 0.0799. The van der Waals surface area contributed by atoms with Crippen LogP contribution in [-0.4, -0.2) is 19.6 Å². The normalized spacial score (nSPS) is 22.0. The molecule has 1 aromatic heterocycles. The molecule has 0 spiro atoms. The Labute approximate surface area is 215 Å². The van der Waals surface area contributed by atoms with Crippen molar-refractivity contribution in [1.29, 1.82) is 0 Å². The van der Waals surface area contributed by atoms with E-state index in [1.165, 1.54) is 30.4 Å². The van der Waals surface area contributed by atoms with Crippen LogP contribution in [0.15, 0.2) is 31.7 Å². The molecule has 8 nitrogen and oxygen atoms in total. The average Bonchev–Trinajstić information content (AvgIpc) is 3.46. The van der Waals surface area contributed by atoms with Crippen molar-refractivity contribution >= 4 is 25.4 Å². The lowest BCUT2D eigenvalue weighted by Crippen LogP contribution is -2.46. The first-order valence-electron chi connectivity index (χ1n) is 12.2. The van der Waals surface area contributed by atoms with Gasteiger partial charge in [-0.2, -0.15) is 8.71 Å². The Bertz CT molecular complexity index is 813. The van der Waals surface area contributed by atoms with Crippen molar-refractivity contribution in [3.8, 4) is 0 Å². The molecule has 0 saturated carbocycles. The minimum atomic E-state index is -2.61. The molecule has 0 saturated heterocycles. The van der Waals surface area contributed by atoms with Crippen LogP contribution >= 0.6 is 25.4 Å². The number of rotatable bonds is 8. The molecule has 1 aromatic rings. The highest BCUT2D eigenvalue weighted by Gasteiger charge is 2.53. The van der Waals surface area contributed by atoms with Crippen LogP contribution in [0.5, 0.6) is 0 Å². The second kappa shape index (κ2) is 12.6. The number of allylic oxidation sites excluding steroid dienone is 3. The zero-order valence-electron chi connectivity index (χ0n) is 23.2. The molecule has 11 heteroatoms. The summed E-state index contributed by atoms with van der Waals surface area (Å²) in [5.74, 6) is 1.50. The highest BCUT2D eigenvalue weighted by atomic mass is 31.2. The molecular formula is C24H47O8P3. The van der Waals surface area contributed by atoms with Gasteiger partial charge in [0.2, 0.25) is 0 Å². The fourth-order valence-corrected chi connectivity index (χ4v) is 6.33. The standard InChI is InChI=1S/C24H43O3P.H4O5P2/c1-12-14-15-24(13-2)18(22(6,7)8)16-17(21(3,4)5)19(25-28-26-27-28)20(24)23(9,10)11;1-6(2)5-7(3)4/h16,18H,12-15H2,1-11H3;1-4H. The molecule has 1 heterocycles. The highest BCUT2D eigenvalue weighted by molar-refractivity contribution is 7.53. The summed E-state index contributed by atoms with van der Waals surface area (Å²) in [5.41, 5.74) is 3.01. The third-order valence-corrected chi connectivity index (χ3v) is 8.21. The molecular weight excluding hydrogens is 509 g/mol. The first kappa shape index (κ1) is 32.9. The zero-order valence-corrected chi connectivity index (χ0v) is 25.9. The summed E-state index contributed by atoms with van der Waals surface area (Å²) in [4.78, 5) is 31.3. The molecule has 1 aliphatic carbocycles. The van der Waals surface area contributed by atoms with Gasteiger partial charge >= 0.3 is 25.4 Å². The molecule has 0 fully saturated rings. The van der Waals surface area contributed by atoms with Crippen LogP contribution < -0.4 is 4.52 Å². The molecule has 206 valence electrons. The van der Waals surface area contributed by atoms with Crippen LogP contribution in [0.4, 0.5) is 0 Å². The van der Waals surface area contributed by atoms with Crippen molar-refractivity contribution in [2.24, 2.45) is 27.6 Å². The van der Waals surface area contributed by atoms with E-state index in [0.717, 1.165) is 12.2 Å². The van der Waals surface area contributed by atoms with Crippen molar-refractivity contribution in [3.05, 3.63) is 23.0 Å². The first-order chi connectivity index (χ1) is 15.8. The SMILES string of the molecule is CCCCC1(CC)C(C(C)(C)C)=C(Op2oo2)C(C(C)(C)C)=CC1C(C)(C)C.OP(O)OP(O)O. The third-order valence-electron chi connectivity index (χ3n) is 6.44. The monoisotopic (exact) mass is 556 g/mol. The van der Waals surface area contributed by atoms with E-state index in [0.29, 0.717) is 5.92 Å². The maximum absolute atomic E-state index is 7.82. The number of hydrogen-bond acceptors (Lipinski definition) is 8. The Hall–Kier alpha value is -0.160. The van der Waals surface area contributed by atoms with Gasteiger partial charge < -0.3 is 24.1 Å². The fourth-order valence-electron chi connectivity index (χ4n) is 5.30. The van der Waals surface area contributed by atoms with Gasteiger partial charge in [0.15, 0.2) is 0 Å². The van der Waals surface area contributed by atoms with Crippen molar-refractivity contribution in [1.82, 2.24) is 0 Å². The van der Waals surface area contributed by atoms with E-state index in [-0.39, 0.29) is 21.7 Å². The van der Waals surface area contributed by atoms with Gasteiger partial charge in [-0.1, -0.05) is 95.1 Å². The van der Waals surface area contributed by atoms with Crippen LogP contribution in [0.25, 0.3) is 0 Å². The van der Waals surface area contributed by atoms with E-state index in [1.807, 2.05) is 0 Å². The average molecular weight is 557 g/mol. The van der Waals surface area contributed by atoms with Gasteiger partial charge in [-0.15, -0.1) is 0 Å². The Kier molecular flexibility index (Phi) is 11.8. The van der Waals surface area contributed by atoms with Gasteiger partial charge in [-0.05, 0) is 46.2 Å². The van der Waals surface area contributed by atoms with E-state index >= 15 is 0 Å². The van der Waals surface area contributed by atoms with Gasteiger partial charge in [0, 0.05) is 5.41 Å². The lowest BCUT2D eigenvalue weighted by Gasteiger charge is -2.54. The van der Waals surface area contributed by atoms with E-state index < -0.39 is 25.4 Å². The summed E-state index contributed by atoms with van der Waals surface area (Å²) in [6, 6.07) is 0. The molecule has 35 heavy (non-hydrogen) atoms. The largest absolute Gasteiger partial charge is 0.529 e. The molecule has 4 N–H and O–H groups in total. The molecule has 0 aromatic carbocycles. The van der Waals surface area contributed by atoms with E-state index in [1.54, 1.807) is 0 Å². The molecule has 2 rings (SSSR count). The summed E-state index contributed by atoms with van der Waals surface area (Å²) < 4.78 is 20.2. The van der Waals surface area contributed by atoms with Crippen molar-refractivity contribution in [2.45, 2.75) is 102 Å². The van der Waals surface area contributed by atoms with Gasteiger partial charge in [0.05, 0.1) is 0 Å². The van der Waals surface area contributed by atoms with Gasteiger partial charge in [0.25, 0.3) is 0 Å². The molecule has 0 aliphatic heterocycles. The Morgan fingerprint density at radius 2 is 1.43 bits per heavy atom. The molecule has 0 amide bonds. The summed E-state index contributed by atoms with van der Waals surface area (Å²) in [6.07, 6.45) is 7.29. The summed E-state index contributed by atoms with van der Waals surface area (Å²) >= 11 is 0. The van der Waals surface area contributed by atoms with Crippen molar-refractivity contribution < 1.29 is 37.1 Å². The van der Waals surface area contributed by atoms with Crippen LogP contribution in [0, 0.1) is 27.6 Å². The molecule has 1 aliphatic rings. The maximum Gasteiger partial charge on any atom is 0.529 e. The lowest BCUT2D eigenvalue weighted by atomic mass is 9.50. The smallest absolute Gasteiger partial charge is 0.387 e. The third kappa shape index (κ3) is 9.27. The summed E-state index contributed by atoms with van der Waals surface area (Å²) in [5, 5.41) is 0. The molecule has 0 bridgehead atoms. The second-order valence-electron chi connectivity index (χ2n) is 12.3. The van der Waals surface area contributed by atoms with Crippen LogP contribution in [0.2, 0.25) is 0 Å². The molecule has 0 radical (unpaired) electrons. The van der Waals surface area contributed by atoms with E-state index in [4.69, 9.17) is 32.8 Å². The Balaban J connectivity index is 0.000000762. The number of hydrogen-bond donors (Lipinski definition) is 4. The predicted octanol–water partition coefficient (Wildman–Crippen LogP) is 8.25. The van der Waals surface area contributed by atoms with Crippen molar-refractivity contribution in [2.75, 3.05) is 0 Å². The summed E-state index contributed by atoms with van der Waals surface area (Å²) in [7, 11) is -6.44. The zero-order chi connectivity index (χ0) is 27.4. The van der Waals surface area contributed by atoms with Gasteiger partial charge in [0.1, 0.15) is 5.76 Å². The van der Waals surface area contributed by atoms with Gasteiger partial charge in [-0.25, -0.2) is 4.31 Å². The topological polar surface area (TPSA) is 126 Å². The molecule has 2 unspecified atom stereocenters. The molecule has 2 atom stereocenters.